The van der Waals surface area contributed by atoms with Crippen molar-refractivity contribution in [1.82, 2.24) is 4.98 Å². The van der Waals surface area contributed by atoms with Crippen molar-refractivity contribution in [3.63, 3.8) is 0 Å². The second kappa shape index (κ2) is 4.93. The van der Waals surface area contributed by atoms with E-state index in [0.717, 1.165) is 29.5 Å². The second-order valence-corrected chi connectivity index (χ2v) is 7.37. The van der Waals surface area contributed by atoms with Gasteiger partial charge in [-0.1, -0.05) is 0 Å². The molecule has 0 spiro atoms. The molecule has 2 aromatic rings. The third-order valence-electron chi connectivity index (χ3n) is 4.92. The van der Waals surface area contributed by atoms with Gasteiger partial charge in [0.2, 0.25) is 0 Å². The number of hydrogen-bond donors (Lipinski definition) is 2. The Morgan fingerprint density at radius 2 is 1.86 bits per heavy atom. The molecule has 0 bridgehead atoms. The third-order valence-corrected chi connectivity index (χ3v) is 5.10. The zero-order chi connectivity index (χ0) is 16.1. The van der Waals surface area contributed by atoms with Gasteiger partial charge < -0.3 is 14.5 Å². The molecule has 0 fully saturated rings. The number of aromatic amines is 1. The molecule has 1 amide bonds. The molecule has 6 heteroatoms. The van der Waals surface area contributed by atoms with E-state index in [9.17, 15) is 9.90 Å². The van der Waals surface area contributed by atoms with E-state index in [1.165, 1.54) is 5.56 Å². The summed E-state index contributed by atoms with van der Waals surface area (Å²) in [5.74, 6) is 0. The molecule has 1 aliphatic rings. The Hall–Kier alpha value is -1.66. The first-order valence-corrected chi connectivity index (χ1v) is 7.89. The predicted molar refractivity (Wildman–Crippen MR) is 86.6 cm³/mol. The second-order valence-electron chi connectivity index (χ2n) is 7.00. The maximum Gasteiger partial charge on any atom is 0.514 e. The Balaban J connectivity index is 2.05. The van der Waals surface area contributed by atoms with Gasteiger partial charge >= 0.3 is 6.09 Å². The van der Waals surface area contributed by atoms with Crippen LogP contribution in [0.5, 0.6) is 0 Å². The molecule has 1 aromatic carbocycles. The molecule has 1 atom stereocenters. The largest absolute Gasteiger partial charge is 0.514 e. The number of rotatable bonds is 0. The first-order chi connectivity index (χ1) is 10.2. The Kier molecular flexibility index (Phi) is 3.41. The summed E-state index contributed by atoms with van der Waals surface area (Å²) in [5, 5.41) is 9.85. The number of aromatic nitrogens is 1. The fraction of sp³-hybridized carbons (Fsp3) is 0.500. The van der Waals surface area contributed by atoms with Gasteiger partial charge in [-0.25, -0.2) is 4.48 Å². The van der Waals surface area contributed by atoms with Gasteiger partial charge in [0.15, 0.2) is 5.58 Å². The maximum atomic E-state index is 12.0. The molecule has 0 radical (unpaired) electrons. The number of quaternary nitrogens is 1. The van der Waals surface area contributed by atoms with Crippen LogP contribution < -0.4 is 0 Å². The number of nitrogens with zero attached hydrogens (tertiary/aromatic N) is 1. The Bertz CT molecular complexity index is 750. The van der Waals surface area contributed by atoms with Crippen LogP contribution in [0.1, 0.15) is 31.9 Å². The minimum absolute atomic E-state index is 0.0824. The number of carbonyl (C=O) groups is 1. The lowest BCUT2D eigenvalue weighted by atomic mass is 10.0. The monoisotopic (exact) mass is 321 g/mol. The Morgan fingerprint density at radius 1 is 1.27 bits per heavy atom. The van der Waals surface area contributed by atoms with E-state index < -0.39 is 6.09 Å². The molecule has 3 rings (SSSR count). The summed E-state index contributed by atoms with van der Waals surface area (Å²) in [5.41, 5.74) is 3.64. The van der Waals surface area contributed by atoms with Gasteiger partial charge in [0, 0.05) is 12.8 Å². The smallest absolute Gasteiger partial charge is 0.435 e. The summed E-state index contributed by atoms with van der Waals surface area (Å²) in [7, 11) is 0. The van der Waals surface area contributed by atoms with Crippen molar-refractivity contribution in [1.29, 1.82) is 0 Å². The molecule has 22 heavy (non-hydrogen) atoms. The number of nitrogens with one attached hydrogen (secondary N) is 1. The topological polar surface area (TPSA) is 66.2 Å². The van der Waals surface area contributed by atoms with Crippen LogP contribution in [0.4, 0.5) is 4.79 Å². The van der Waals surface area contributed by atoms with E-state index in [1.807, 2.05) is 26.8 Å². The zero-order valence-corrected chi connectivity index (χ0v) is 13.9. The summed E-state index contributed by atoms with van der Waals surface area (Å²) in [6, 6.07) is 4.05. The van der Waals surface area contributed by atoms with Crippen molar-refractivity contribution in [2.45, 2.75) is 39.2 Å². The molecule has 2 N–H and O–H groups in total. The molecule has 0 saturated carbocycles. The maximum absolute atomic E-state index is 12.0. The highest BCUT2D eigenvalue weighted by Crippen LogP contribution is 2.31. The molecular formula is C16H21N2O3S+. The molecular weight excluding hydrogens is 300 g/mol. The average molecular weight is 321 g/mol. The lowest BCUT2D eigenvalue weighted by Gasteiger charge is -2.42. The number of H-pyrrole nitrogens is 1. The zero-order valence-electron chi connectivity index (χ0n) is 13.1. The summed E-state index contributed by atoms with van der Waals surface area (Å²) in [4.78, 5) is 15.4. The summed E-state index contributed by atoms with van der Waals surface area (Å²) in [6.45, 7) is 7.18. The fourth-order valence-electron chi connectivity index (χ4n) is 3.43. The SMILES string of the molecule is CC(C)(C)[N+]1(C(=O)O)CCc2cc3[nH]c(=S)oc3cc2CC1. The molecule has 5 nitrogen and oxygen atoms in total. The highest BCUT2D eigenvalue weighted by atomic mass is 32.1. The molecule has 0 saturated heterocycles. The van der Waals surface area contributed by atoms with E-state index >= 15 is 0 Å². The minimum Gasteiger partial charge on any atom is -0.435 e. The molecule has 118 valence electrons. The van der Waals surface area contributed by atoms with Crippen LogP contribution in [-0.4, -0.2) is 39.3 Å². The molecule has 1 aliphatic heterocycles. The van der Waals surface area contributed by atoms with Crippen molar-refractivity contribution >= 4 is 29.4 Å². The van der Waals surface area contributed by atoms with E-state index in [0.29, 0.717) is 17.9 Å². The standard InChI is InChI=1S/C16H20N2O3S/c1-16(2,3)18(15(19)20)6-4-10-8-12-13(21-14(22)17-12)9-11(10)5-7-18/h8-9H,4-7H2,1-3H3,(H-,17,19,20,22)/p+1. The van der Waals surface area contributed by atoms with Crippen molar-refractivity contribution in [3.05, 3.63) is 28.1 Å². The van der Waals surface area contributed by atoms with Gasteiger partial charge in [-0.05, 0) is 56.2 Å². The first-order valence-electron chi connectivity index (χ1n) is 7.48. The molecule has 1 aromatic heterocycles. The van der Waals surface area contributed by atoms with Crippen molar-refractivity contribution in [3.8, 4) is 0 Å². The number of fused-ring (bicyclic) bond motifs is 2. The van der Waals surface area contributed by atoms with Crippen LogP contribution in [-0.2, 0) is 12.8 Å². The van der Waals surface area contributed by atoms with Crippen LogP contribution in [0.25, 0.3) is 11.1 Å². The van der Waals surface area contributed by atoms with E-state index in [1.54, 1.807) is 0 Å². The molecule has 1 unspecified atom stereocenters. The van der Waals surface area contributed by atoms with Crippen LogP contribution >= 0.6 is 12.2 Å². The first kappa shape index (κ1) is 15.2. The number of hydrogen-bond acceptors (Lipinski definition) is 3. The van der Waals surface area contributed by atoms with E-state index in [2.05, 4.69) is 11.1 Å². The van der Waals surface area contributed by atoms with Crippen LogP contribution in [0.2, 0.25) is 0 Å². The highest BCUT2D eigenvalue weighted by molar-refractivity contribution is 7.71. The summed E-state index contributed by atoms with van der Waals surface area (Å²) >= 11 is 5.03. The van der Waals surface area contributed by atoms with Gasteiger partial charge in [-0.15, -0.1) is 0 Å². The van der Waals surface area contributed by atoms with Gasteiger partial charge in [0.1, 0.15) is 5.54 Å². The number of amides is 1. The average Bonchev–Trinajstić information content (AvgIpc) is 2.63. The highest BCUT2D eigenvalue weighted by Gasteiger charge is 2.48. The van der Waals surface area contributed by atoms with E-state index in [4.69, 9.17) is 16.6 Å². The van der Waals surface area contributed by atoms with Gasteiger partial charge in [0.25, 0.3) is 4.84 Å². The van der Waals surface area contributed by atoms with E-state index in [-0.39, 0.29) is 10.0 Å². The van der Waals surface area contributed by atoms with Crippen LogP contribution in [0.3, 0.4) is 0 Å². The predicted octanol–water partition coefficient (Wildman–Crippen LogP) is 3.88. The van der Waals surface area contributed by atoms with Crippen LogP contribution in [0, 0.1) is 4.84 Å². The van der Waals surface area contributed by atoms with Crippen LogP contribution in [0.15, 0.2) is 16.5 Å². The normalized spacial score (nSPS) is 22.3. The van der Waals surface area contributed by atoms with Crippen molar-refractivity contribution in [2.75, 3.05) is 13.1 Å². The third kappa shape index (κ3) is 2.27. The fourth-order valence-corrected chi connectivity index (χ4v) is 3.63. The van der Waals surface area contributed by atoms with Gasteiger partial charge in [0.05, 0.1) is 18.6 Å². The van der Waals surface area contributed by atoms with Crippen molar-refractivity contribution in [2.24, 2.45) is 0 Å². The number of oxazole rings is 1. The quantitative estimate of drug-likeness (QED) is 0.571. The lowest BCUT2D eigenvalue weighted by Crippen LogP contribution is -2.64. The van der Waals surface area contributed by atoms with Gasteiger partial charge in [-0.3, -0.25) is 0 Å². The number of benzene rings is 1. The lowest BCUT2D eigenvalue weighted by molar-refractivity contribution is -0.902. The Labute approximate surface area is 134 Å². The summed E-state index contributed by atoms with van der Waals surface area (Å²) in [6.07, 6.45) is 0.714. The molecule has 0 aliphatic carbocycles. The summed E-state index contributed by atoms with van der Waals surface area (Å²) < 4.78 is 5.56. The minimum atomic E-state index is -0.747. The number of carboxylic acid groups (broad SMARTS) is 1. The van der Waals surface area contributed by atoms with Gasteiger partial charge in [-0.2, -0.15) is 4.79 Å². The molecule has 2 heterocycles. The van der Waals surface area contributed by atoms with Crippen molar-refractivity contribution < 1.29 is 18.8 Å². The Morgan fingerprint density at radius 3 is 2.41 bits per heavy atom.